The molecular weight excluding hydrogens is 340 g/mol. The van der Waals surface area contributed by atoms with E-state index < -0.39 is 0 Å². The van der Waals surface area contributed by atoms with Gasteiger partial charge in [-0.2, -0.15) is 0 Å². The lowest BCUT2D eigenvalue weighted by molar-refractivity contribution is 1.21. The number of halogens is 2. The van der Waals surface area contributed by atoms with E-state index in [1.54, 1.807) is 11.3 Å². The summed E-state index contributed by atoms with van der Waals surface area (Å²) in [5, 5.41) is 2.37. The summed E-state index contributed by atoms with van der Waals surface area (Å²) in [6.45, 7) is 2.10. The van der Waals surface area contributed by atoms with Gasteiger partial charge in [-0.25, -0.2) is 0 Å². The van der Waals surface area contributed by atoms with E-state index in [9.17, 15) is 0 Å². The molecule has 0 bridgehead atoms. The Labute approximate surface area is 130 Å². The summed E-state index contributed by atoms with van der Waals surface area (Å²) >= 11 is 12.0. The number of thiophene rings is 1. The molecule has 2 aromatic carbocycles. The van der Waals surface area contributed by atoms with E-state index in [1.807, 2.05) is 0 Å². The first kappa shape index (κ1) is 13.2. The fraction of sp³-hybridized carbons (Fsp3) is 0.125. The van der Waals surface area contributed by atoms with Crippen LogP contribution < -0.4 is 0 Å². The zero-order valence-corrected chi connectivity index (χ0v) is 13.5. The topological polar surface area (TPSA) is 0 Å². The molecule has 0 radical (unpaired) electrons. The Hall–Kier alpha value is -0.830. The maximum atomic E-state index is 6.69. The van der Waals surface area contributed by atoms with Gasteiger partial charge in [-0.1, -0.05) is 42.5 Å². The molecule has 0 aliphatic rings. The highest BCUT2D eigenvalue weighted by atomic mass is 79.9. The summed E-state index contributed by atoms with van der Waals surface area (Å²) < 4.78 is 1.14. The van der Waals surface area contributed by atoms with E-state index in [4.69, 9.17) is 11.6 Å². The third-order valence-electron chi connectivity index (χ3n) is 3.22. The van der Waals surface area contributed by atoms with Crippen LogP contribution in [0.1, 0.15) is 20.7 Å². The van der Waals surface area contributed by atoms with Crippen molar-refractivity contribution >= 4 is 49.6 Å². The van der Waals surface area contributed by atoms with Crippen LogP contribution in [-0.4, -0.2) is 0 Å². The molecule has 1 unspecified atom stereocenters. The minimum Gasteiger partial charge on any atom is -0.143 e. The lowest BCUT2D eigenvalue weighted by atomic mass is 10.0. The van der Waals surface area contributed by atoms with Crippen LogP contribution in [0, 0.1) is 6.92 Å². The number of aryl methyl sites for hydroxylation is 1. The number of fused-ring (bicyclic) bond motifs is 1. The van der Waals surface area contributed by atoms with E-state index in [0.29, 0.717) is 0 Å². The van der Waals surface area contributed by atoms with Crippen molar-refractivity contribution in [3.05, 3.63) is 68.3 Å². The highest BCUT2D eigenvalue weighted by molar-refractivity contribution is 9.10. The third kappa shape index (κ3) is 2.45. The third-order valence-corrected chi connectivity index (χ3v) is 6.02. The van der Waals surface area contributed by atoms with Crippen molar-refractivity contribution in [1.29, 1.82) is 0 Å². The van der Waals surface area contributed by atoms with Crippen LogP contribution in [0.3, 0.4) is 0 Å². The normalized spacial score (nSPS) is 12.8. The summed E-state index contributed by atoms with van der Waals surface area (Å²) in [6.07, 6.45) is 0. The predicted molar refractivity (Wildman–Crippen MR) is 88.4 cm³/mol. The van der Waals surface area contributed by atoms with E-state index >= 15 is 0 Å². The number of hydrogen-bond donors (Lipinski definition) is 0. The van der Waals surface area contributed by atoms with Crippen molar-refractivity contribution in [3.63, 3.8) is 0 Å². The SMILES string of the molecule is Cc1sc(C(Cl)c2cccc3ccccc23)cc1Br. The minimum absolute atomic E-state index is 0.0962. The maximum Gasteiger partial charge on any atom is 0.0934 e. The fourth-order valence-electron chi connectivity index (χ4n) is 2.23. The van der Waals surface area contributed by atoms with Crippen molar-refractivity contribution in [2.24, 2.45) is 0 Å². The number of hydrogen-bond acceptors (Lipinski definition) is 1. The van der Waals surface area contributed by atoms with Crippen molar-refractivity contribution in [1.82, 2.24) is 0 Å². The molecule has 0 aliphatic carbocycles. The Kier molecular flexibility index (Phi) is 3.66. The Morgan fingerprint density at radius 1 is 1.11 bits per heavy atom. The molecule has 0 N–H and O–H groups in total. The van der Waals surface area contributed by atoms with Gasteiger partial charge < -0.3 is 0 Å². The van der Waals surface area contributed by atoms with Crippen molar-refractivity contribution in [2.45, 2.75) is 12.3 Å². The monoisotopic (exact) mass is 350 g/mol. The van der Waals surface area contributed by atoms with E-state index in [-0.39, 0.29) is 5.38 Å². The minimum atomic E-state index is -0.0962. The molecule has 0 nitrogen and oxygen atoms in total. The van der Waals surface area contributed by atoms with Crippen LogP contribution in [0.25, 0.3) is 10.8 Å². The average molecular weight is 352 g/mol. The Balaban J connectivity index is 2.13. The highest BCUT2D eigenvalue weighted by Gasteiger charge is 2.16. The van der Waals surface area contributed by atoms with Crippen molar-refractivity contribution in [2.75, 3.05) is 0 Å². The Bertz CT molecular complexity index is 708. The molecule has 3 aromatic rings. The fourth-order valence-corrected chi connectivity index (χ4v) is 4.18. The first-order chi connectivity index (χ1) is 9.16. The smallest absolute Gasteiger partial charge is 0.0934 e. The molecule has 0 amide bonds. The summed E-state index contributed by atoms with van der Waals surface area (Å²) in [7, 11) is 0. The standard InChI is InChI=1S/C16H12BrClS/c1-10-14(17)9-15(19-10)16(18)13-8-4-6-11-5-2-3-7-12(11)13/h2-9,16H,1H3. The molecule has 1 aromatic heterocycles. The summed E-state index contributed by atoms with van der Waals surface area (Å²) in [5.41, 5.74) is 1.17. The van der Waals surface area contributed by atoms with Crippen LogP contribution in [0.4, 0.5) is 0 Å². The second kappa shape index (κ2) is 5.28. The zero-order valence-electron chi connectivity index (χ0n) is 10.4. The van der Waals surface area contributed by atoms with E-state index in [2.05, 4.69) is 71.4 Å². The molecule has 1 atom stereocenters. The zero-order chi connectivity index (χ0) is 13.4. The van der Waals surface area contributed by atoms with Gasteiger partial charge in [0, 0.05) is 14.2 Å². The Morgan fingerprint density at radius 3 is 2.58 bits per heavy atom. The second-order valence-electron chi connectivity index (χ2n) is 4.48. The number of rotatable bonds is 2. The molecule has 3 rings (SSSR count). The molecule has 0 saturated carbocycles. The van der Waals surface area contributed by atoms with Crippen molar-refractivity contribution in [3.8, 4) is 0 Å². The molecule has 0 fully saturated rings. The number of benzene rings is 2. The van der Waals surface area contributed by atoms with Gasteiger partial charge in [-0.15, -0.1) is 22.9 Å². The first-order valence-corrected chi connectivity index (χ1v) is 8.09. The average Bonchev–Trinajstić information content (AvgIpc) is 2.77. The summed E-state index contributed by atoms with van der Waals surface area (Å²) in [4.78, 5) is 2.45. The number of alkyl halides is 1. The lowest BCUT2D eigenvalue weighted by Gasteiger charge is -2.11. The van der Waals surface area contributed by atoms with Crippen molar-refractivity contribution < 1.29 is 0 Å². The van der Waals surface area contributed by atoms with Gasteiger partial charge >= 0.3 is 0 Å². The van der Waals surface area contributed by atoms with Crippen LogP contribution >= 0.6 is 38.9 Å². The first-order valence-electron chi connectivity index (χ1n) is 6.04. The molecule has 0 aliphatic heterocycles. The molecule has 19 heavy (non-hydrogen) atoms. The second-order valence-corrected chi connectivity index (χ2v) is 7.06. The largest absolute Gasteiger partial charge is 0.143 e. The lowest BCUT2D eigenvalue weighted by Crippen LogP contribution is -1.91. The maximum absolute atomic E-state index is 6.69. The van der Waals surface area contributed by atoms with Crippen LogP contribution in [0.5, 0.6) is 0 Å². The highest BCUT2D eigenvalue weighted by Crippen LogP contribution is 2.39. The quantitative estimate of drug-likeness (QED) is 0.475. The van der Waals surface area contributed by atoms with Gasteiger partial charge in [-0.3, -0.25) is 0 Å². The van der Waals surface area contributed by atoms with Crippen LogP contribution in [0.2, 0.25) is 0 Å². The molecule has 96 valence electrons. The van der Waals surface area contributed by atoms with Gasteiger partial charge in [0.2, 0.25) is 0 Å². The summed E-state index contributed by atoms with van der Waals surface area (Å²) in [5.74, 6) is 0. The van der Waals surface area contributed by atoms with E-state index in [0.717, 1.165) is 4.47 Å². The molecular formula is C16H12BrClS. The van der Waals surface area contributed by atoms with Crippen LogP contribution in [0.15, 0.2) is 53.0 Å². The Morgan fingerprint density at radius 2 is 1.84 bits per heavy atom. The van der Waals surface area contributed by atoms with Gasteiger partial charge in [0.1, 0.15) is 0 Å². The van der Waals surface area contributed by atoms with Gasteiger partial charge in [-0.05, 0) is 45.3 Å². The predicted octanol–water partition coefficient (Wildman–Crippen LogP) is 6.30. The van der Waals surface area contributed by atoms with Gasteiger partial charge in [0.15, 0.2) is 0 Å². The molecule has 0 saturated heterocycles. The molecule has 0 spiro atoms. The molecule has 3 heteroatoms. The van der Waals surface area contributed by atoms with E-state index in [1.165, 1.54) is 26.1 Å². The molecule has 1 heterocycles. The van der Waals surface area contributed by atoms with Crippen LogP contribution in [-0.2, 0) is 0 Å². The van der Waals surface area contributed by atoms with Gasteiger partial charge in [0.25, 0.3) is 0 Å². The van der Waals surface area contributed by atoms with Gasteiger partial charge in [0.05, 0.1) is 5.38 Å². The summed E-state index contributed by atoms with van der Waals surface area (Å²) in [6, 6.07) is 16.8.